The molecule has 0 N–H and O–H groups in total. The van der Waals surface area contributed by atoms with E-state index in [1.54, 1.807) is 16.0 Å². The summed E-state index contributed by atoms with van der Waals surface area (Å²) in [5.41, 5.74) is 5.71. The van der Waals surface area contributed by atoms with Crippen LogP contribution in [0.4, 0.5) is 0 Å². The molecule has 0 saturated heterocycles. The van der Waals surface area contributed by atoms with Crippen LogP contribution in [0.2, 0.25) is 0 Å². The van der Waals surface area contributed by atoms with Gasteiger partial charge in [0.05, 0.1) is 5.69 Å². The smallest absolute Gasteiger partial charge is 0.270 e. The summed E-state index contributed by atoms with van der Waals surface area (Å²) < 4.78 is 7.92. The summed E-state index contributed by atoms with van der Waals surface area (Å²) >= 11 is 1.73. The summed E-state index contributed by atoms with van der Waals surface area (Å²) in [5.74, 6) is 0.759. The van der Waals surface area contributed by atoms with Crippen LogP contribution in [0.15, 0.2) is 107 Å². The minimum Gasteiger partial charge on any atom is -0.488 e. The number of aromatic nitrogens is 2. The van der Waals surface area contributed by atoms with Gasteiger partial charge in [0.25, 0.3) is 5.56 Å². The highest BCUT2D eigenvalue weighted by Gasteiger charge is 2.20. The molecule has 0 aliphatic rings. The predicted octanol–water partition coefficient (Wildman–Crippen LogP) is 6.89. The normalized spacial score (nSPS) is 10.9. The molecular formula is C32H30N2O2S. The van der Waals surface area contributed by atoms with E-state index in [1.165, 1.54) is 10.4 Å². The molecule has 0 amide bonds. The van der Waals surface area contributed by atoms with E-state index in [0.717, 1.165) is 46.5 Å². The largest absolute Gasteiger partial charge is 0.488 e. The molecule has 3 aromatic carbocycles. The number of rotatable bonds is 10. The molecule has 186 valence electrons. The fourth-order valence-corrected chi connectivity index (χ4v) is 5.32. The van der Waals surface area contributed by atoms with Gasteiger partial charge in [-0.15, -0.1) is 11.3 Å². The molecule has 0 aliphatic carbocycles. The molecule has 0 fully saturated rings. The van der Waals surface area contributed by atoms with Crippen LogP contribution >= 0.6 is 11.3 Å². The first-order valence-electron chi connectivity index (χ1n) is 12.6. The van der Waals surface area contributed by atoms with E-state index in [1.807, 2.05) is 67.6 Å². The third-order valence-electron chi connectivity index (χ3n) is 6.48. The van der Waals surface area contributed by atoms with Crippen molar-refractivity contribution < 1.29 is 4.74 Å². The second kappa shape index (κ2) is 11.8. The Kier molecular flexibility index (Phi) is 7.92. The second-order valence-electron chi connectivity index (χ2n) is 9.05. The lowest BCUT2D eigenvalue weighted by atomic mass is 9.95. The van der Waals surface area contributed by atoms with Crippen molar-refractivity contribution in [3.63, 3.8) is 0 Å². The van der Waals surface area contributed by atoms with Crippen molar-refractivity contribution >= 4 is 11.3 Å². The Morgan fingerprint density at radius 3 is 2.22 bits per heavy atom. The Morgan fingerprint density at radius 1 is 0.784 bits per heavy atom. The van der Waals surface area contributed by atoms with Gasteiger partial charge in [-0.25, -0.2) is 4.68 Å². The fraction of sp³-hybridized carbons (Fsp3) is 0.188. The van der Waals surface area contributed by atoms with Crippen molar-refractivity contribution in [1.29, 1.82) is 0 Å². The first-order valence-corrected chi connectivity index (χ1v) is 13.5. The zero-order valence-electron chi connectivity index (χ0n) is 21.0. The van der Waals surface area contributed by atoms with Gasteiger partial charge in [0.2, 0.25) is 0 Å². The van der Waals surface area contributed by atoms with E-state index < -0.39 is 0 Å². The van der Waals surface area contributed by atoms with Gasteiger partial charge in [0.1, 0.15) is 12.4 Å². The molecule has 2 heterocycles. The molecule has 5 aromatic rings. The highest BCUT2D eigenvalue weighted by atomic mass is 32.1. The van der Waals surface area contributed by atoms with E-state index in [0.29, 0.717) is 19.6 Å². The number of hydrogen-bond donors (Lipinski definition) is 0. The van der Waals surface area contributed by atoms with Gasteiger partial charge in [0.15, 0.2) is 0 Å². The summed E-state index contributed by atoms with van der Waals surface area (Å²) in [5, 5.41) is 6.86. The molecule has 0 saturated carbocycles. The van der Waals surface area contributed by atoms with Crippen molar-refractivity contribution in [2.45, 2.75) is 39.3 Å². The number of benzene rings is 3. The highest BCUT2D eigenvalue weighted by Crippen LogP contribution is 2.34. The van der Waals surface area contributed by atoms with Crippen LogP contribution < -0.4 is 10.3 Å². The van der Waals surface area contributed by atoms with Crippen LogP contribution in [0, 0.1) is 6.92 Å². The number of hydrogen-bond acceptors (Lipinski definition) is 4. The molecular weight excluding hydrogens is 476 g/mol. The highest BCUT2D eigenvalue weighted by molar-refractivity contribution is 7.09. The first-order chi connectivity index (χ1) is 18.2. The Balaban J connectivity index is 1.51. The molecule has 5 heteroatoms. The van der Waals surface area contributed by atoms with E-state index in [9.17, 15) is 4.79 Å². The van der Waals surface area contributed by atoms with Crippen LogP contribution in [-0.4, -0.2) is 9.78 Å². The molecule has 0 unspecified atom stereocenters. The standard InChI is InChI=1S/C32H30N2O2S/c1-24-31(28-16-8-9-17-30(28)36-23-26-13-6-3-7-14-26)29(19-18-27-15-10-22-37-27)32(35)34(33-24)21-20-25-11-4-2-5-12-25/h2-17,22H,18-21,23H2,1H3. The van der Waals surface area contributed by atoms with E-state index in [-0.39, 0.29) is 5.56 Å². The van der Waals surface area contributed by atoms with E-state index in [4.69, 9.17) is 9.84 Å². The minimum absolute atomic E-state index is 0.0223. The predicted molar refractivity (Wildman–Crippen MR) is 151 cm³/mol. The number of aryl methyl sites for hydroxylation is 4. The van der Waals surface area contributed by atoms with Gasteiger partial charge in [-0.3, -0.25) is 4.79 Å². The summed E-state index contributed by atoms with van der Waals surface area (Å²) in [7, 11) is 0. The quantitative estimate of drug-likeness (QED) is 0.207. The van der Waals surface area contributed by atoms with Crippen LogP contribution in [0.25, 0.3) is 11.1 Å². The van der Waals surface area contributed by atoms with E-state index in [2.05, 4.69) is 41.8 Å². The number of ether oxygens (including phenoxy) is 1. The van der Waals surface area contributed by atoms with Gasteiger partial charge in [-0.1, -0.05) is 84.9 Å². The average Bonchev–Trinajstić information content (AvgIpc) is 3.46. The summed E-state index contributed by atoms with van der Waals surface area (Å²) in [4.78, 5) is 15.1. The van der Waals surface area contributed by atoms with E-state index >= 15 is 0 Å². The summed E-state index contributed by atoms with van der Waals surface area (Å²) in [6.45, 7) is 3.00. The van der Waals surface area contributed by atoms with Crippen molar-refractivity contribution in [3.05, 3.63) is 140 Å². The maximum Gasteiger partial charge on any atom is 0.270 e. The average molecular weight is 507 g/mol. The van der Waals surface area contributed by atoms with Crippen LogP contribution in [0.1, 0.15) is 27.3 Å². The second-order valence-corrected chi connectivity index (χ2v) is 10.1. The SMILES string of the molecule is Cc1nn(CCc2ccccc2)c(=O)c(CCc2cccs2)c1-c1ccccc1OCc1ccccc1. The topological polar surface area (TPSA) is 44.1 Å². The fourth-order valence-electron chi connectivity index (χ4n) is 4.62. The first kappa shape index (κ1) is 24.7. The molecule has 2 aromatic heterocycles. The van der Waals surface area contributed by atoms with Gasteiger partial charge in [-0.05, 0) is 54.8 Å². The summed E-state index contributed by atoms with van der Waals surface area (Å²) in [6.07, 6.45) is 2.22. The monoisotopic (exact) mass is 506 g/mol. The third-order valence-corrected chi connectivity index (χ3v) is 7.41. The zero-order valence-corrected chi connectivity index (χ0v) is 21.8. The molecule has 0 atom stereocenters. The Labute approximate surface area is 221 Å². The Bertz CT molecular complexity index is 1490. The summed E-state index contributed by atoms with van der Waals surface area (Å²) in [6, 6.07) is 32.5. The maximum absolute atomic E-state index is 13.8. The molecule has 37 heavy (non-hydrogen) atoms. The van der Waals surface area contributed by atoms with Crippen LogP contribution in [0.5, 0.6) is 5.75 Å². The lowest BCUT2D eigenvalue weighted by molar-refractivity contribution is 0.307. The van der Waals surface area contributed by atoms with Crippen molar-refractivity contribution in [1.82, 2.24) is 9.78 Å². The lowest BCUT2D eigenvalue weighted by Crippen LogP contribution is -2.29. The van der Waals surface area contributed by atoms with Gasteiger partial charge in [0, 0.05) is 28.1 Å². The van der Waals surface area contributed by atoms with Crippen LogP contribution in [-0.2, 0) is 32.4 Å². The van der Waals surface area contributed by atoms with Crippen molar-refractivity contribution in [2.24, 2.45) is 0 Å². The van der Waals surface area contributed by atoms with Gasteiger partial charge >= 0.3 is 0 Å². The maximum atomic E-state index is 13.8. The third kappa shape index (κ3) is 6.07. The van der Waals surface area contributed by atoms with Gasteiger partial charge in [-0.2, -0.15) is 5.10 Å². The van der Waals surface area contributed by atoms with Crippen molar-refractivity contribution in [2.75, 3.05) is 0 Å². The lowest BCUT2D eigenvalue weighted by Gasteiger charge is -2.18. The van der Waals surface area contributed by atoms with Gasteiger partial charge < -0.3 is 4.74 Å². The number of para-hydroxylation sites is 1. The molecule has 0 bridgehead atoms. The molecule has 0 aliphatic heterocycles. The molecule has 4 nitrogen and oxygen atoms in total. The zero-order chi connectivity index (χ0) is 25.5. The molecule has 5 rings (SSSR count). The Hall–Kier alpha value is -3.96. The van der Waals surface area contributed by atoms with Crippen LogP contribution in [0.3, 0.4) is 0 Å². The number of thiophene rings is 1. The minimum atomic E-state index is -0.0223. The number of nitrogens with zero attached hydrogens (tertiary/aromatic N) is 2. The molecule has 0 spiro atoms. The van der Waals surface area contributed by atoms with Crippen molar-refractivity contribution in [3.8, 4) is 16.9 Å². The Morgan fingerprint density at radius 2 is 1.49 bits per heavy atom. The molecule has 0 radical (unpaired) electrons.